The topological polar surface area (TPSA) is 61.9 Å². The van der Waals surface area contributed by atoms with Crippen molar-refractivity contribution in [3.8, 4) is 5.75 Å². The summed E-state index contributed by atoms with van der Waals surface area (Å²) in [5.41, 5.74) is 2.03. The lowest BCUT2D eigenvalue weighted by Crippen LogP contribution is -2.49. The molecule has 2 aromatic carbocycles. The van der Waals surface area contributed by atoms with Gasteiger partial charge < -0.3 is 19.9 Å². The standard InChI is InChI=1S/C25H31N3O3/c1-27-15-11-25(23(27)29)12-16-28(17-13-25)24(30)26-14-10-20-8-5-9-22(18-20)31-19-21-6-3-2-4-7-21/h2-9,18H,10-17,19H2,1H3,(H,26,30). The molecule has 6 nitrogen and oxygen atoms in total. The summed E-state index contributed by atoms with van der Waals surface area (Å²) in [6.45, 7) is 3.24. The van der Waals surface area contributed by atoms with E-state index in [2.05, 4.69) is 5.32 Å². The lowest BCUT2D eigenvalue weighted by atomic mass is 9.77. The predicted molar refractivity (Wildman–Crippen MR) is 120 cm³/mol. The van der Waals surface area contributed by atoms with Crippen LogP contribution in [0, 0.1) is 5.41 Å². The minimum atomic E-state index is -0.230. The first-order valence-electron chi connectivity index (χ1n) is 11.1. The molecule has 164 valence electrons. The van der Waals surface area contributed by atoms with Gasteiger partial charge in [-0.2, -0.15) is 0 Å². The maximum atomic E-state index is 12.6. The average molecular weight is 422 g/mol. The van der Waals surface area contributed by atoms with Crippen LogP contribution in [0.3, 0.4) is 0 Å². The SMILES string of the molecule is CN1CCC2(CCN(C(=O)NCCc3cccc(OCc4ccccc4)c3)CC2)C1=O. The van der Waals surface area contributed by atoms with Crippen LogP contribution >= 0.6 is 0 Å². The number of nitrogens with zero attached hydrogens (tertiary/aromatic N) is 2. The molecule has 2 aliphatic heterocycles. The summed E-state index contributed by atoms with van der Waals surface area (Å²) in [6.07, 6.45) is 3.20. The van der Waals surface area contributed by atoms with Crippen LogP contribution in [0.25, 0.3) is 0 Å². The number of nitrogens with one attached hydrogen (secondary N) is 1. The lowest BCUT2D eigenvalue weighted by Gasteiger charge is -2.37. The summed E-state index contributed by atoms with van der Waals surface area (Å²) >= 11 is 0. The summed E-state index contributed by atoms with van der Waals surface area (Å²) in [5.74, 6) is 1.09. The number of carbonyl (C=O) groups is 2. The van der Waals surface area contributed by atoms with E-state index in [-0.39, 0.29) is 17.4 Å². The summed E-state index contributed by atoms with van der Waals surface area (Å²) < 4.78 is 5.89. The number of piperidine rings is 1. The summed E-state index contributed by atoms with van der Waals surface area (Å²) in [7, 11) is 1.87. The first-order chi connectivity index (χ1) is 15.1. The van der Waals surface area contributed by atoms with Gasteiger partial charge in [0.15, 0.2) is 0 Å². The van der Waals surface area contributed by atoms with Gasteiger partial charge in [-0.1, -0.05) is 42.5 Å². The zero-order chi connectivity index (χ0) is 21.7. The number of hydrogen-bond donors (Lipinski definition) is 1. The highest BCUT2D eigenvalue weighted by atomic mass is 16.5. The van der Waals surface area contributed by atoms with Crippen LogP contribution in [-0.2, 0) is 17.8 Å². The van der Waals surface area contributed by atoms with Crippen LogP contribution < -0.4 is 10.1 Å². The van der Waals surface area contributed by atoms with Gasteiger partial charge in [0.25, 0.3) is 0 Å². The average Bonchev–Trinajstić information content (AvgIpc) is 3.07. The molecule has 0 bridgehead atoms. The molecule has 2 heterocycles. The van der Waals surface area contributed by atoms with Crippen LogP contribution in [0.2, 0.25) is 0 Å². The van der Waals surface area contributed by atoms with Gasteiger partial charge in [-0.15, -0.1) is 0 Å². The molecule has 31 heavy (non-hydrogen) atoms. The Labute approximate surface area is 184 Å². The van der Waals surface area contributed by atoms with Gasteiger partial charge in [0.1, 0.15) is 12.4 Å². The molecule has 0 saturated carbocycles. The largest absolute Gasteiger partial charge is 0.489 e. The Morgan fingerprint density at radius 2 is 1.71 bits per heavy atom. The van der Waals surface area contributed by atoms with Crippen molar-refractivity contribution in [3.05, 3.63) is 65.7 Å². The van der Waals surface area contributed by atoms with Crippen LogP contribution in [0.4, 0.5) is 4.79 Å². The van der Waals surface area contributed by atoms with Crippen molar-refractivity contribution in [3.63, 3.8) is 0 Å². The molecule has 6 heteroatoms. The first-order valence-corrected chi connectivity index (χ1v) is 11.1. The van der Waals surface area contributed by atoms with Crippen LogP contribution in [0.15, 0.2) is 54.6 Å². The van der Waals surface area contributed by atoms with Gasteiger partial charge in [0, 0.05) is 33.2 Å². The lowest BCUT2D eigenvalue weighted by molar-refractivity contribution is -0.137. The zero-order valence-electron chi connectivity index (χ0n) is 18.2. The van der Waals surface area contributed by atoms with Crippen molar-refractivity contribution in [2.75, 3.05) is 33.2 Å². The molecule has 2 fully saturated rings. The molecule has 2 aromatic rings. The Hall–Kier alpha value is -3.02. The fourth-order valence-corrected chi connectivity index (χ4v) is 4.55. The molecule has 1 N–H and O–H groups in total. The van der Waals surface area contributed by atoms with Crippen molar-refractivity contribution in [1.82, 2.24) is 15.1 Å². The molecule has 2 aliphatic rings. The number of rotatable bonds is 6. The number of carbonyl (C=O) groups excluding carboxylic acids is 2. The molecule has 0 atom stereocenters. The Morgan fingerprint density at radius 1 is 1.00 bits per heavy atom. The predicted octanol–water partition coefficient (Wildman–Crippen LogP) is 3.46. The van der Waals surface area contributed by atoms with Gasteiger partial charge in [-0.05, 0) is 48.9 Å². The fraction of sp³-hybridized carbons (Fsp3) is 0.440. The summed E-state index contributed by atoms with van der Waals surface area (Å²) in [5, 5.41) is 3.03. The number of likely N-dealkylation sites (tertiary alicyclic amines) is 2. The molecule has 0 radical (unpaired) electrons. The monoisotopic (exact) mass is 421 g/mol. The van der Waals surface area contributed by atoms with E-state index in [1.165, 1.54) is 0 Å². The molecule has 2 saturated heterocycles. The summed E-state index contributed by atoms with van der Waals surface area (Å²) in [4.78, 5) is 28.7. The van der Waals surface area contributed by atoms with E-state index in [1.807, 2.05) is 71.4 Å². The van der Waals surface area contributed by atoms with Gasteiger partial charge in [0.2, 0.25) is 5.91 Å². The molecular weight excluding hydrogens is 390 g/mol. The molecular formula is C25H31N3O3. The number of ether oxygens (including phenoxy) is 1. The third-order valence-electron chi connectivity index (χ3n) is 6.57. The van der Waals surface area contributed by atoms with Crippen molar-refractivity contribution < 1.29 is 14.3 Å². The van der Waals surface area contributed by atoms with Crippen LogP contribution in [0.5, 0.6) is 5.75 Å². The molecule has 0 aliphatic carbocycles. The van der Waals surface area contributed by atoms with Crippen molar-refractivity contribution in [2.24, 2.45) is 5.41 Å². The normalized spacial score (nSPS) is 17.8. The van der Waals surface area contributed by atoms with Gasteiger partial charge in [-0.3, -0.25) is 4.79 Å². The smallest absolute Gasteiger partial charge is 0.317 e. The maximum absolute atomic E-state index is 12.6. The summed E-state index contributed by atoms with van der Waals surface area (Å²) in [6, 6.07) is 18.1. The third-order valence-corrected chi connectivity index (χ3v) is 6.57. The van der Waals surface area contributed by atoms with Gasteiger partial charge >= 0.3 is 6.03 Å². The second-order valence-electron chi connectivity index (χ2n) is 8.65. The Bertz CT molecular complexity index is 907. The number of urea groups is 1. The first kappa shape index (κ1) is 21.2. The second kappa shape index (κ2) is 9.41. The Morgan fingerprint density at radius 3 is 2.42 bits per heavy atom. The number of amides is 3. The van der Waals surface area contributed by atoms with E-state index in [0.29, 0.717) is 26.2 Å². The van der Waals surface area contributed by atoms with E-state index in [4.69, 9.17) is 4.74 Å². The molecule has 1 spiro atoms. The van der Waals surface area contributed by atoms with E-state index < -0.39 is 0 Å². The zero-order valence-corrected chi connectivity index (χ0v) is 18.2. The molecule has 3 amide bonds. The second-order valence-corrected chi connectivity index (χ2v) is 8.65. The maximum Gasteiger partial charge on any atom is 0.317 e. The highest BCUT2D eigenvalue weighted by molar-refractivity contribution is 5.85. The fourth-order valence-electron chi connectivity index (χ4n) is 4.55. The molecule has 0 aromatic heterocycles. The quantitative estimate of drug-likeness (QED) is 0.777. The molecule has 0 unspecified atom stereocenters. The highest BCUT2D eigenvalue weighted by Gasteiger charge is 2.47. The highest BCUT2D eigenvalue weighted by Crippen LogP contribution is 2.40. The molecule has 4 rings (SSSR count). The van der Waals surface area contributed by atoms with Crippen molar-refractivity contribution >= 4 is 11.9 Å². The van der Waals surface area contributed by atoms with E-state index >= 15 is 0 Å². The Balaban J connectivity index is 1.21. The Kier molecular flexibility index (Phi) is 6.44. The van der Waals surface area contributed by atoms with E-state index in [0.717, 1.165) is 49.1 Å². The van der Waals surface area contributed by atoms with E-state index in [1.54, 1.807) is 0 Å². The van der Waals surface area contributed by atoms with Crippen molar-refractivity contribution in [1.29, 1.82) is 0 Å². The van der Waals surface area contributed by atoms with E-state index in [9.17, 15) is 9.59 Å². The minimum absolute atomic E-state index is 0.0369. The minimum Gasteiger partial charge on any atom is -0.489 e. The number of benzene rings is 2. The number of hydrogen-bond acceptors (Lipinski definition) is 3. The van der Waals surface area contributed by atoms with Gasteiger partial charge in [-0.25, -0.2) is 4.79 Å². The van der Waals surface area contributed by atoms with Crippen molar-refractivity contribution in [2.45, 2.75) is 32.3 Å². The van der Waals surface area contributed by atoms with Crippen LogP contribution in [0.1, 0.15) is 30.4 Å². The van der Waals surface area contributed by atoms with Crippen LogP contribution in [-0.4, -0.2) is 55.0 Å². The van der Waals surface area contributed by atoms with Gasteiger partial charge in [0.05, 0.1) is 5.41 Å². The third kappa shape index (κ3) is 5.01.